The Balaban J connectivity index is 2.61. The van der Waals surface area contributed by atoms with E-state index in [1.165, 1.54) is 6.08 Å². The summed E-state index contributed by atoms with van der Waals surface area (Å²) in [5.41, 5.74) is 0.680. The number of hydrogen-bond acceptors (Lipinski definition) is 2. The average Bonchev–Trinajstić information content (AvgIpc) is 2.29. The highest BCUT2D eigenvalue weighted by atomic mass is 19.1. The van der Waals surface area contributed by atoms with E-state index in [4.69, 9.17) is 5.11 Å². The SMILES string of the molecule is OC/C(F)=C/c1cncc2ccccc12. The Morgan fingerprint density at radius 2 is 2.13 bits per heavy atom. The van der Waals surface area contributed by atoms with Crippen molar-refractivity contribution in [1.82, 2.24) is 4.98 Å². The molecule has 0 radical (unpaired) electrons. The largest absolute Gasteiger partial charge is 0.389 e. The molecule has 0 amide bonds. The molecule has 1 N–H and O–H groups in total. The van der Waals surface area contributed by atoms with Gasteiger partial charge in [-0.05, 0) is 11.5 Å². The molecule has 0 aliphatic rings. The molecule has 0 atom stereocenters. The number of hydrogen-bond donors (Lipinski definition) is 1. The lowest BCUT2D eigenvalue weighted by Crippen LogP contribution is -1.85. The molecule has 2 rings (SSSR count). The first-order chi connectivity index (χ1) is 7.31. The van der Waals surface area contributed by atoms with Gasteiger partial charge in [0.15, 0.2) is 0 Å². The van der Waals surface area contributed by atoms with Crippen molar-refractivity contribution < 1.29 is 9.50 Å². The van der Waals surface area contributed by atoms with Crippen molar-refractivity contribution >= 4 is 16.8 Å². The predicted octanol–water partition coefficient (Wildman–Crippen LogP) is 2.54. The van der Waals surface area contributed by atoms with Gasteiger partial charge < -0.3 is 5.11 Å². The molecule has 76 valence electrons. The zero-order chi connectivity index (χ0) is 10.7. The molecule has 0 fully saturated rings. The van der Waals surface area contributed by atoms with Crippen LogP contribution in [0.25, 0.3) is 16.8 Å². The Labute approximate surface area is 86.7 Å². The Morgan fingerprint density at radius 1 is 1.33 bits per heavy atom. The summed E-state index contributed by atoms with van der Waals surface area (Å²) >= 11 is 0. The smallest absolute Gasteiger partial charge is 0.126 e. The second-order valence-electron chi connectivity index (χ2n) is 3.20. The van der Waals surface area contributed by atoms with Gasteiger partial charge in [0.2, 0.25) is 0 Å². The maximum atomic E-state index is 12.9. The van der Waals surface area contributed by atoms with Gasteiger partial charge in [-0.3, -0.25) is 4.98 Å². The Morgan fingerprint density at radius 3 is 2.93 bits per heavy atom. The number of benzene rings is 1. The summed E-state index contributed by atoms with van der Waals surface area (Å²) in [5.74, 6) is -0.562. The van der Waals surface area contributed by atoms with Crippen molar-refractivity contribution in [2.24, 2.45) is 0 Å². The lowest BCUT2D eigenvalue weighted by atomic mass is 10.1. The molecule has 3 heteroatoms. The number of nitrogens with zero attached hydrogens (tertiary/aromatic N) is 1. The van der Waals surface area contributed by atoms with Crippen molar-refractivity contribution in [3.8, 4) is 0 Å². The number of halogens is 1. The fourth-order valence-corrected chi connectivity index (χ4v) is 1.47. The Hall–Kier alpha value is -1.74. The summed E-state index contributed by atoms with van der Waals surface area (Å²) in [6.45, 7) is -0.580. The van der Waals surface area contributed by atoms with Crippen LogP contribution < -0.4 is 0 Å². The van der Waals surface area contributed by atoms with Crippen LogP contribution in [-0.4, -0.2) is 16.7 Å². The summed E-state index contributed by atoms with van der Waals surface area (Å²) in [6.07, 6.45) is 4.61. The standard InChI is InChI=1S/C12H10FNO/c13-11(8-15)5-10-7-14-6-9-3-1-2-4-12(9)10/h1-7,15H,8H2/b11-5-. The molecular formula is C12H10FNO. The lowest BCUT2D eigenvalue weighted by molar-refractivity contribution is 0.300. The number of aliphatic hydroxyl groups is 1. The van der Waals surface area contributed by atoms with E-state index in [2.05, 4.69) is 4.98 Å². The maximum Gasteiger partial charge on any atom is 0.126 e. The van der Waals surface area contributed by atoms with Gasteiger partial charge in [-0.1, -0.05) is 24.3 Å². The van der Waals surface area contributed by atoms with E-state index in [0.29, 0.717) is 5.56 Å². The summed E-state index contributed by atoms with van der Waals surface area (Å²) in [7, 11) is 0. The molecule has 0 aliphatic heterocycles. The molecule has 1 aromatic heterocycles. The van der Waals surface area contributed by atoms with Crippen molar-refractivity contribution in [1.29, 1.82) is 0 Å². The van der Waals surface area contributed by atoms with Crippen LogP contribution in [-0.2, 0) is 0 Å². The summed E-state index contributed by atoms with van der Waals surface area (Å²) in [5, 5.41) is 10.5. The molecule has 0 spiro atoms. The first kappa shape index (κ1) is 9.80. The number of rotatable bonds is 2. The van der Waals surface area contributed by atoms with Gasteiger partial charge in [0, 0.05) is 23.3 Å². The number of aliphatic hydroxyl groups excluding tert-OH is 1. The molecule has 2 aromatic rings. The molecule has 0 unspecified atom stereocenters. The molecular weight excluding hydrogens is 193 g/mol. The third kappa shape index (κ3) is 2.02. The van der Waals surface area contributed by atoms with Crippen molar-refractivity contribution in [2.75, 3.05) is 6.61 Å². The van der Waals surface area contributed by atoms with Crippen LogP contribution in [0.5, 0.6) is 0 Å². The molecule has 0 bridgehead atoms. The normalized spacial score (nSPS) is 12.0. The zero-order valence-corrected chi connectivity index (χ0v) is 8.02. The molecule has 0 saturated heterocycles. The van der Waals surface area contributed by atoms with Gasteiger partial charge in [0.05, 0.1) is 6.61 Å². The maximum absolute atomic E-state index is 12.9. The quantitative estimate of drug-likeness (QED) is 0.813. The minimum atomic E-state index is -0.580. The van der Waals surface area contributed by atoms with E-state index >= 15 is 0 Å². The van der Waals surface area contributed by atoms with Crippen LogP contribution in [0.2, 0.25) is 0 Å². The van der Waals surface area contributed by atoms with Crippen molar-refractivity contribution in [3.05, 3.63) is 48.0 Å². The van der Waals surface area contributed by atoms with Crippen LogP contribution in [0.1, 0.15) is 5.56 Å². The van der Waals surface area contributed by atoms with Crippen molar-refractivity contribution in [2.45, 2.75) is 0 Å². The molecule has 0 aliphatic carbocycles. The fraction of sp³-hybridized carbons (Fsp3) is 0.0833. The number of aromatic nitrogens is 1. The van der Waals surface area contributed by atoms with E-state index in [1.54, 1.807) is 12.4 Å². The third-order valence-electron chi connectivity index (χ3n) is 2.16. The van der Waals surface area contributed by atoms with E-state index in [9.17, 15) is 4.39 Å². The van der Waals surface area contributed by atoms with Crippen LogP contribution in [0, 0.1) is 0 Å². The second kappa shape index (κ2) is 4.19. The summed E-state index contributed by atoms with van der Waals surface area (Å²) in [6, 6.07) is 7.60. The van der Waals surface area contributed by atoms with Crippen LogP contribution in [0.3, 0.4) is 0 Å². The molecule has 1 aromatic carbocycles. The van der Waals surface area contributed by atoms with Crippen LogP contribution in [0.4, 0.5) is 4.39 Å². The van der Waals surface area contributed by atoms with E-state index in [0.717, 1.165) is 10.8 Å². The van der Waals surface area contributed by atoms with E-state index < -0.39 is 12.4 Å². The van der Waals surface area contributed by atoms with Gasteiger partial charge in [-0.15, -0.1) is 0 Å². The van der Waals surface area contributed by atoms with Gasteiger partial charge in [-0.25, -0.2) is 4.39 Å². The average molecular weight is 203 g/mol. The zero-order valence-electron chi connectivity index (χ0n) is 8.02. The van der Waals surface area contributed by atoms with Gasteiger partial charge in [0.25, 0.3) is 0 Å². The van der Waals surface area contributed by atoms with Gasteiger partial charge in [0.1, 0.15) is 5.83 Å². The van der Waals surface area contributed by atoms with Crippen molar-refractivity contribution in [3.63, 3.8) is 0 Å². The predicted molar refractivity (Wildman–Crippen MR) is 57.9 cm³/mol. The minimum absolute atomic E-state index is 0.562. The molecule has 15 heavy (non-hydrogen) atoms. The Kier molecular flexibility index (Phi) is 2.74. The highest BCUT2D eigenvalue weighted by Gasteiger charge is 1.99. The Bertz CT molecular complexity index is 502. The molecule has 1 heterocycles. The molecule has 2 nitrogen and oxygen atoms in total. The van der Waals surface area contributed by atoms with Gasteiger partial charge >= 0.3 is 0 Å². The second-order valence-corrected chi connectivity index (χ2v) is 3.20. The first-order valence-corrected chi connectivity index (χ1v) is 4.61. The number of pyridine rings is 1. The molecule has 0 saturated carbocycles. The van der Waals surface area contributed by atoms with E-state index in [-0.39, 0.29) is 0 Å². The first-order valence-electron chi connectivity index (χ1n) is 4.61. The number of fused-ring (bicyclic) bond motifs is 1. The van der Waals surface area contributed by atoms with Gasteiger partial charge in [-0.2, -0.15) is 0 Å². The van der Waals surface area contributed by atoms with Crippen LogP contribution >= 0.6 is 0 Å². The minimum Gasteiger partial charge on any atom is -0.389 e. The highest BCUT2D eigenvalue weighted by Crippen LogP contribution is 2.19. The monoisotopic (exact) mass is 203 g/mol. The summed E-state index contributed by atoms with van der Waals surface area (Å²) < 4.78 is 12.9. The van der Waals surface area contributed by atoms with Crippen LogP contribution in [0.15, 0.2) is 42.5 Å². The fourth-order valence-electron chi connectivity index (χ4n) is 1.47. The van der Waals surface area contributed by atoms with E-state index in [1.807, 2.05) is 24.3 Å². The highest BCUT2D eigenvalue weighted by molar-refractivity contribution is 5.89. The third-order valence-corrected chi connectivity index (χ3v) is 2.16. The summed E-state index contributed by atoms with van der Waals surface area (Å²) in [4.78, 5) is 4.01. The topological polar surface area (TPSA) is 33.1 Å². The lowest BCUT2D eigenvalue weighted by Gasteiger charge is -2.01.